The van der Waals surface area contributed by atoms with Gasteiger partial charge < -0.3 is 10.1 Å². The van der Waals surface area contributed by atoms with Gasteiger partial charge in [-0.2, -0.15) is 0 Å². The molecule has 6 nitrogen and oxygen atoms in total. The number of benzene rings is 2. The maximum Gasteiger partial charge on any atom is 0.305 e. The topological polar surface area (TPSA) is 77.8 Å². The normalized spacial score (nSPS) is 12.1. The van der Waals surface area contributed by atoms with Gasteiger partial charge in [-0.3, -0.25) is 14.2 Å². The Kier molecular flexibility index (Phi) is 7.14. The first-order chi connectivity index (χ1) is 14.1. The number of esters is 1. The van der Waals surface area contributed by atoms with Gasteiger partial charge in [-0.1, -0.05) is 42.5 Å². The zero-order chi connectivity index (χ0) is 20.6. The molecule has 6 heteroatoms. The molecule has 29 heavy (non-hydrogen) atoms. The monoisotopic (exact) mass is 394 g/mol. The molecule has 3 aromatic rings. The summed E-state index contributed by atoms with van der Waals surface area (Å²) in [6.45, 7) is 3.41. The highest BCUT2D eigenvalue weighted by Crippen LogP contribution is 2.12. The standard InChI is InChI=1S/C23H27N3O3/c1-17(24-15-14-18-9-4-3-5-10-18)22-25-20-12-7-6-11-19(20)23(28)26(22)16-8-13-21(27)29-2/h3-7,9-12,17,24H,8,13-16H2,1-2H3/p+1/t17-/m1/s1. The number of aromatic nitrogens is 2. The van der Waals surface area contributed by atoms with Crippen LogP contribution >= 0.6 is 0 Å². The van der Waals surface area contributed by atoms with Gasteiger partial charge in [0.1, 0.15) is 6.04 Å². The van der Waals surface area contributed by atoms with Crippen molar-refractivity contribution in [1.82, 2.24) is 9.55 Å². The van der Waals surface area contributed by atoms with Crippen molar-refractivity contribution >= 4 is 16.9 Å². The Bertz CT molecular complexity index is 1010. The molecule has 1 heterocycles. The molecule has 0 aliphatic heterocycles. The van der Waals surface area contributed by atoms with Crippen molar-refractivity contribution in [1.29, 1.82) is 0 Å². The fourth-order valence-corrected chi connectivity index (χ4v) is 3.48. The van der Waals surface area contributed by atoms with Crippen molar-refractivity contribution in [2.45, 2.75) is 38.8 Å². The molecule has 0 fully saturated rings. The van der Waals surface area contributed by atoms with Crippen molar-refractivity contribution in [3.63, 3.8) is 0 Å². The average Bonchev–Trinajstić information content (AvgIpc) is 2.75. The third-order valence-electron chi connectivity index (χ3n) is 5.08. The number of hydrogen-bond acceptors (Lipinski definition) is 4. The van der Waals surface area contributed by atoms with Gasteiger partial charge >= 0.3 is 5.97 Å². The summed E-state index contributed by atoms with van der Waals surface area (Å²) in [5.41, 5.74) is 1.94. The molecule has 0 saturated heterocycles. The summed E-state index contributed by atoms with van der Waals surface area (Å²) in [5.74, 6) is 0.474. The number of nitrogens with zero attached hydrogens (tertiary/aromatic N) is 2. The zero-order valence-corrected chi connectivity index (χ0v) is 17.0. The molecular weight excluding hydrogens is 366 g/mol. The molecule has 0 saturated carbocycles. The molecule has 0 amide bonds. The van der Waals surface area contributed by atoms with Crippen LogP contribution in [0.4, 0.5) is 0 Å². The summed E-state index contributed by atoms with van der Waals surface area (Å²) >= 11 is 0. The fraction of sp³-hybridized carbons (Fsp3) is 0.348. The van der Waals surface area contributed by atoms with Crippen LogP contribution in [0.1, 0.15) is 37.2 Å². The molecule has 0 radical (unpaired) electrons. The molecule has 2 aromatic carbocycles. The second-order valence-corrected chi connectivity index (χ2v) is 7.17. The first-order valence-corrected chi connectivity index (χ1v) is 10.0. The lowest BCUT2D eigenvalue weighted by atomic mass is 10.1. The molecule has 0 bridgehead atoms. The molecule has 2 N–H and O–H groups in total. The van der Waals surface area contributed by atoms with Crippen molar-refractivity contribution in [3.8, 4) is 0 Å². The molecule has 0 unspecified atom stereocenters. The summed E-state index contributed by atoms with van der Waals surface area (Å²) in [4.78, 5) is 29.3. The number of methoxy groups -OCH3 is 1. The highest BCUT2D eigenvalue weighted by atomic mass is 16.5. The third kappa shape index (κ3) is 5.29. The lowest BCUT2D eigenvalue weighted by Gasteiger charge is -2.17. The number of hydrogen-bond donors (Lipinski definition) is 1. The second-order valence-electron chi connectivity index (χ2n) is 7.17. The zero-order valence-electron chi connectivity index (χ0n) is 17.0. The van der Waals surface area contributed by atoms with Crippen molar-refractivity contribution in [3.05, 3.63) is 76.3 Å². The van der Waals surface area contributed by atoms with E-state index >= 15 is 0 Å². The summed E-state index contributed by atoms with van der Waals surface area (Å²) in [7, 11) is 1.38. The van der Waals surface area contributed by atoms with E-state index in [1.807, 2.05) is 36.4 Å². The number of quaternary nitrogens is 1. The van der Waals surface area contributed by atoms with E-state index in [4.69, 9.17) is 9.72 Å². The number of para-hydroxylation sites is 1. The smallest absolute Gasteiger partial charge is 0.305 e. The average molecular weight is 394 g/mol. The lowest BCUT2D eigenvalue weighted by molar-refractivity contribution is -0.693. The Morgan fingerprint density at radius 1 is 1.14 bits per heavy atom. The van der Waals surface area contributed by atoms with Gasteiger partial charge in [0.15, 0.2) is 5.82 Å². The van der Waals surface area contributed by atoms with E-state index < -0.39 is 0 Å². The first-order valence-electron chi connectivity index (χ1n) is 10.0. The van der Waals surface area contributed by atoms with Crippen molar-refractivity contribution < 1.29 is 14.8 Å². The molecule has 3 rings (SSSR count). The molecule has 1 atom stereocenters. The van der Waals surface area contributed by atoms with Crippen LogP contribution in [0.2, 0.25) is 0 Å². The van der Waals surface area contributed by atoms with Gasteiger partial charge in [-0.15, -0.1) is 0 Å². The maximum absolute atomic E-state index is 13.1. The predicted octanol–water partition coefficient (Wildman–Crippen LogP) is 2.22. The molecule has 0 spiro atoms. The quantitative estimate of drug-likeness (QED) is 0.565. The van der Waals surface area contributed by atoms with E-state index in [0.29, 0.717) is 23.9 Å². The number of fused-ring (bicyclic) bond motifs is 1. The number of nitrogens with two attached hydrogens (primary N) is 1. The molecule has 152 valence electrons. The van der Waals surface area contributed by atoms with E-state index in [0.717, 1.165) is 18.8 Å². The van der Waals surface area contributed by atoms with Crippen LogP contribution in [-0.4, -0.2) is 29.2 Å². The second kappa shape index (κ2) is 9.98. The van der Waals surface area contributed by atoms with Gasteiger partial charge in [0.25, 0.3) is 5.56 Å². The Labute approximate surface area is 170 Å². The van der Waals surface area contributed by atoms with Gasteiger partial charge in [0.05, 0.1) is 24.6 Å². The van der Waals surface area contributed by atoms with Crippen LogP contribution in [0.3, 0.4) is 0 Å². The van der Waals surface area contributed by atoms with Crippen LogP contribution in [0, 0.1) is 0 Å². The molecular formula is C23H28N3O3+. The van der Waals surface area contributed by atoms with E-state index in [-0.39, 0.29) is 24.0 Å². The maximum atomic E-state index is 13.1. The Morgan fingerprint density at radius 2 is 1.86 bits per heavy atom. The van der Waals surface area contributed by atoms with E-state index in [1.165, 1.54) is 12.7 Å². The highest BCUT2D eigenvalue weighted by Gasteiger charge is 2.19. The van der Waals surface area contributed by atoms with Crippen LogP contribution < -0.4 is 10.9 Å². The Hall–Kier alpha value is -2.99. The summed E-state index contributed by atoms with van der Waals surface area (Å²) in [6, 6.07) is 17.8. The first kappa shape index (κ1) is 20.7. The fourth-order valence-electron chi connectivity index (χ4n) is 3.48. The number of carbonyl (C=O) groups is 1. The minimum absolute atomic E-state index is 0.0224. The van der Waals surface area contributed by atoms with E-state index in [2.05, 4.69) is 24.4 Å². The van der Waals surface area contributed by atoms with Gasteiger partial charge in [0, 0.05) is 19.4 Å². The molecule has 0 aliphatic rings. The third-order valence-corrected chi connectivity index (χ3v) is 5.08. The SMILES string of the molecule is COC(=O)CCCn1c([C@@H](C)[NH2+]CCc2ccccc2)nc2ccccc2c1=O. The number of ether oxygens (including phenoxy) is 1. The highest BCUT2D eigenvalue weighted by molar-refractivity contribution is 5.77. The van der Waals surface area contributed by atoms with Crippen LogP contribution in [-0.2, 0) is 22.5 Å². The summed E-state index contributed by atoms with van der Waals surface area (Å²) < 4.78 is 6.43. The van der Waals surface area contributed by atoms with Crippen LogP contribution in [0.15, 0.2) is 59.4 Å². The van der Waals surface area contributed by atoms with Crippen LogP contribution in [0.25, 0.3) is 10.9 Å². The summed E-state index contributed by atoms with van der Waals surface area (Å²) in [6.07, 6.45) is 1.77. The lowest BCUT2D eigenvalue weighted by Crippen LogP contribution is -2.85. The largest absolute Gasteiger partial charge is 0.469 e. The summed E-state index contributed by atoms with van der Waals surface area (Å²) in [5, 5.41) is 2.81. The van der Waals surface area contributed by atoms with E-state index in [1.54, 1.807) is 10.6 Å². The Balaban J connectivity index is 1.80. The van der Waals surface area contributed by atoms with Crippen molar-refractivity contribution in [2.75, 3.05) is 13.7 Å². The molecule has 0 aliphatic carbocycles. The van der Waals surface area contributed by atoms with E-state index in [9.17, 15) is 9.59 Å². The van der Waals surface area contributed by atoms with Gasteiger partial charge in [0.2, 0.25) is 0 Å². The van der Waals surface area contributed by atoms with Gasteiger partial charge in [-0.05, 0) is 31.0 Å². The number of rotatable bonds is 9. The minimum atomic E-state index is -0.268. The molecule has 1 aromatic heterocycles. The Morgan fingerprint density at radius 3 is 2.62 bits per heavy atom. The number of carbonyl (C=O) groups excluding carboxylic acids is 1. The van der Waals surface area contributed by atoms with Crippen molar-refractivity contribution in [2.24, 2.45) is 0 Å². The van der Waals surface area contributed by atoms with Gasteiger partial charge in [-0.25, -0.2) is 4.98 Å². The minimum Gasteiger partial charge on any atom is -0.469 e. The van der Waals surface area contributed by atoms with Crippen LogP contribution in [0.5, 0.6) is 0 Å². The predicted molar refractivity (Wildman–Crippen MR) is 113 cm³/mol.